The van der Waals surface area contributed by atoms with E-state index in [9.17, 15) is 9.59 Å². The molecule has 5 heteroatoms. The molecule has 21 heavy (non-hydrogen) atoms. The van der Waals surface area contributed by atoms with Crippen molar-refractivity contribution in [3.8, 4) is 0 Å². The minimum Gasteiger partial charge on any atom is -0.297 e. The third-order valence-electron chi connectivity index (χ3n) is 3.58. The van der Waals surface area contributed by atoms with Crippen molar-refractivity contribution in [2.24, 2.45) is 0 Å². The average Bonchev–Trinajstić information content (AvgIpc) is 2.43. The number of aromatic nitrogens is 2. The van der Waals surface area contributed by atoms with E-state index in [0.717, 1.165) is 17.5 Å². The van der Waals surface area contributed by atoms with Gasteiger partial charge in [0.15, 0.2) is 0 Å². The molecular formula is C16H19ClN2O2. The van der Waals surface area contributed by atoms with Gasteiger partial charge in [-0.25, -0.2) is 4.79 Å². The van der Waals surface area contributed by atoms with E-state index in [1.54, 1.807) is 0 Å². The molecule has 0 spiro atoms. The van der Waals surface area contributed by atoms with E-state index in [1.807, 2.05) is 45.0 Å². The number of benzene rings is 1. The van der Waals surface area contributed by atoms with Crippen LogP contribution in [0.2, 0.25) is 5.15 Å². The van der Waals surface area contributed by atoms with E-state index >= 15 is 0 Å². The molecule has 1 heterocycles. The second-order valence-electron chi connectivity index (χ2n) is 5.33. The zero-order chi connectivity index (χ0) is 15.6. The van der Waals surface area contributed by atoms with E-state index < -0.39 is 5.69 Å². The number of hydrogen-bond acceptors (Lipinski definition) is 2. The Labute approximate surface area is 128 Å². The first-order valence-electron chi connectivity index (χ1n) is 7.05. The van der Waals surface area contributed by atoms with Gasteiger partial charge < -0.3 is 0 Å². The third-order valence-corrected chi connectivity index (χ3v) is 3.88. The Hall–Kier alpha value is -1.81. The lowest BCUT2D eigenvalue weighted by Gasteiger charge is -2.13. The van der Waals surface area contributed by atoms with Crippen LogP contribution in [-0.2, 0) is 13.0 Å². The maximum Gasteiger partial charge on any atom is 0.329 e. The Kier molecular flexibility index (Phi) is 4.68. The molecule has 0 bridgehead atoms. The number of halogens is 1. The van der Waals surface area contributed by atoms with Crippen LogP contribution < -0.4 is 11.2 Å². The molecule has 4 nitrogen and oxygen atoms in total. The van der Waals surface area contributed by atoms with Gasteiger partial charge in [-0.3, -0.25) is 14.3 Å². The van der Waals surface area contributed by atoms with Crippen LogP contribution in [0.1, 0.15) is 43.4 Å². The lowest BCUT2D eigenvalue weighted by molar-refractivity contribution is 0.666. The first-order chi connectivity index (χ1) is 9.95. The number of nitrogens with zero attached hydrogens (tertiary/aromatic N) is 1. The van der Waals surface area contributed by atoms with Crippen LogP contribution >= 0.6 is 11.6 Å². The van der Waals surface area contributed by atoms with Crippen molar-refractivity contribution in [2.75, 3.05) is 0 Å². The highest BCUT2D eigenvalue weighted by Crippen LogP contribution is 2.17. The monoisotopic (exact) mass is 306 g/mol. The number of aryl methyl sites for hydroxylation is 1. The Morgan fingerprint density at radius 1 is 1.19 bits per heavy atom. The standard InChI is InChI=1S/C16H19ClN2O2/c1-4-11-7-5-6-8-12(11)9-19-15(20)13(10(2)3)14(17)18-16(19)21/h5-8,10H,4,9H2,1-3H3,(H,18,21). The molecule has 0 saturated carbocycles. The van der Waals surface area contributed by atoms with Gasteiger partial charge in [0, 0.05) is 0 Å². The first kappa shape index (κ1) is 15.6. The minimum absolute atomic E-state index is 0.0467. The predicted octanol–water partition coefficient (Wildman–Crippen LogP) is 2.92. The summed E-state index contributed by atoms with van der Waals surface area (Å²) in [6, 6.07) is 7.81. The summed E-state index contributed by atoms with van der Waals surface area (Å²) in [6.07, 6.45) is 0.855. The van der Waals surface area contributed by atoms with Crippen molar-refractivity contribution < 1.29 is 0 Å². The fraction of sp³-hybridized carbons (Fsp3) is 0.375. The molecule has 0 aliphatic heterocycles. The molecule has 112 valence electrons. The van der Waals surface area contributed by atoms with E-state index in [0.29, 0.717) is 5.56 Å². The number of rotatable bonds is 4. The molecule has 0 fully saturated rings. The number of hydrogen-bond donors (Lipinski definition) is 1. The summed E-state index contributed by atoms with van der Waals surface area (Å²) in [6.45, 7) is 6.07. The molecule has 0 amide bonds. The van der Waals surface area contributed by atoms with E-state index in [2.05, 4.69) is 4.98 Å². The van der Waals surface area contributed by atoms with Crippen molar-refractivity contribution >= 4 is 11.6 Å². The van der Waals surface area contributed by atoms with Gasteiger partial charge >= 0.3 is 5.69 Å². The topological polar surface area (TPSA) is 54.9 Å². The molecule has 1 aromatic heterocycles. The molecule has 1 N–H and O–H groups in total. The van der Waals surface area contributed by atoms with Crippen LogP contribution in [0.4, 0.5) is 0 Å². The summed E-state index contributed by atoms with van der Waals surface area (Å²) in [4.78, 5) is 27.1. The summed E-state index contributed by atoms with van der Waals surface area (Å²) < 4.78 is 1.22. The van der Waals surface area contributed by atoms with Gasteiger partial charge in [0.2, 0.25) is 0 Å². The normalized spacial score (nSPS) is 11.1. The highest BCUT2D eigenvalue weighted by atomic mass is 35.5. The molecule has 0 saturated heterocycles. The quantitative estimate of drug-likeness (QED) is 0.883. The van der Waals surface area contributed by atoms with Crippen LogP contribution in [0.3, 0.4) is 0 Å². The smallest absolute Gasteiger partial charge is 0.297 e. The average molecular weight is 307 g/mol. The SMILES string of the molecule is CCc1ccccc1Cn1c(=O)[nH]c(Cl)c(C(C)C)c1=O. The summed E-state index contributed by atoms with van der Waals surface area (Å²) >= 11 is 5.99. The molecule has 0 atom stereocenters. The second kappa shape index (κ2) is 6.31. The lowest BCUT2D eigenvalue weighted by Crippen LogP contribution is -2.38. The van der Waals surface area contributed by atoms with Gasteiger partial charge in [0.05, 0.1) is 12.1 Å². The van der Waals surface area contributed by atoms with Crippen molar-refractivity contribution in [2.45, 2.75) is 39.7 Å². The highest BCUT2D eigenvalue weighted by Gasteiger charge is 2.16. The van der Waals surface area contributed by atoms with Crippen molar-refractivity contribution in [3.05, 3.63) is 66.9 Å². The van der Waals surface area contributed by atoms with Crippen molar-refractivity contribution in [3.63, 3.8) is 0 Å². The van der Waals surface area contributed by atoms with Crippen LogP contribution in [0.25, 0.3) is 0 Å². The maximum absolute atomic E-state index is 12.5. The predicted molar refractivity (Wildman–Crippen MR) is 85.3 cm³/mol. The van der Waals surface area contributed by atoms with Gasteiger partial charge in [-0.1, -0.05) is 56.6 Å². The third kappa shape index (κ3) is 3.10. The van der Waals surface area contributed by atoms with E-state index in [1.165, 1.54) is 4.57 Å². The first-order valence-corrected chi connectivity index (χ1v) is 7.42. The summed E-state index contributed by atoms with van der Waals surface area (Å²) in [5.41, 5.74) is 1.77. The molecule has 0 radical (unpaired) electrons. The minimum atomic E-state index is -0.472. The lowest BCUT2D eigenvalue weighted by atomic mass is 10.0. The molecule has 2 rings (SSSR count). The van der Waals surface area contributed by atoms with Gasteiger partial charge in [-0.15, -0.1) is 0 Å². The van der Waals surface area contributed by atoms with Gasteiger partial charge in [0.1, 0.15) is 5.15 Å². The van der Waals surface area contributed by atoms with Crippen LogP contribution in [0.15, 0.2) is 33.9 Å². The summed E-state index contributed by atoms with van der Waals surface area (Å²) in [7, 11) is 0. The van der Waals surface area contributed by atoms with Crippen LogP contribution in [0.5, 0.6) is 0 Å². The van der Waals surface area contributed by atoms with E-state index in [-0.39, 0.29) is 23.2 Å². The van der Waals surface area contributed by atoms with Gasteiger partial charge in [0.25, 0.3) is 5.56 Å². The Bertz CT molecular complexity index is 760. The molecular weight excluding hydrogens is 288 g/mol. The van der Waals surface area contributed by atoms with Gasteiger partial charge in [-0.05, 0) is 23.5 Å². The fourth-order valence-corrected chi connectivity index (χ4v) is 2.81. The van der Waals surface area contributed by atoms with Crippen LogP contribution in [0, 0.1) is 0 Å². The second-order valence-corrected chi connectivity index (χ2v) is 5.70. The molecule has 0 unspecified atom stereocenters. The molecule has 1 aromatic carbocycles. The Morgan fingerprint density at radius 2 is 1.81 bits per heavy atom. The van der Waals surface area contributed by atoms with E-state index in [4.69, 9.17) is 11.6 Å². The van der Waals surface area contributed by atoms with Crippen molar-refractivity contribution in [1.82, 2.24) is 9.55 Å². The highest BCUT2D eigenvalue weighted by molar-refractivity contribution is 6.30. The number of nitrogens with one attached hydrogen (secondary N) is 1. The number of H-pyrrole nitrogens is 1. The zero-order valence-corrected chi connectivity index (χ0v) is 13.2. The Morgan fingerprint density at radius 3 is 2.38 bits per heavy atom. The van der Waals surface area contributed by atoms with Crippen LogP contribution in [-0.4, -0.2) is 9.55 Å². The van der Waals surface area contributed by atoms with Gasteiger partial charge in [-0.2, -0.15) is 0 Å². The van der Waals surface area contributed by atoms with Crippen molar-refractivity contribution in [1.29, 1.82) is 0 Å². The number of aromatic amines is 1. The summed E-state index contributed by atoms with van der Waals surface area (Å²) in [5, 5.41) is 0.139. The Balaban J connectivity index is 2.58. The molecule has 2 aromatic rings. The fourth-order valence-electron chi connectivity index (χ4n) is 2.43. The zero-order valence-electron chi connectivity index (χ0n) is 12.4. The summed E-state index contributed by atoms with van der Waals surface area (Å²) in [5.74, 6) is -0.0467. The molecule has 0 aliphatic rings. The maximum atomic E-state index is 12.5. The molecule has 0 aliphatic carbocycles. The largest absolute Gasteiger partial charge is 0.329 e.